The highest BCUT2D eigenvalue weighted by molar-refractivity contribution is 6.00. The molecule has 0 spiro atoms. The van der Waals surface area contributed by atoms with Crippen LogP contribution in [0.25, 0.3) is 0 Å². The number of anilines is 1. The van der Waals surface area contributed by atoms with E-state index in [1.165, 1.54) is 0 Å². The first-order valence-electron chi connectivity index (χ1n) is 10.5. The summed E-state index contributed by atoms with van der Waals surface area (Å²) in [5.41, 5.74) is 3.70. The first-order valence-corrected chi connectivity index (χ1v) is 10.5. The van der Waals surface area contributed by atoms with E-state index in [0.717, 1.165) is 35.2 Å². The number of hydrogen-bond donors (Lipinski definition) is 1. The van der Waals surface area contributed by atoms with Crippen molar-refractivity contribution in [3.05, 3.63) is 95.6 Å². The number of aryl methyl sites for hydroxylation is 1. The highest BCUT2D eigenvalue weighted by Gasteiger charge is 2.30. The number of nitrogens with zero attached hydrogens (tertiary/aromatic N) is 1. The maximum atomic E-state index is 13.6. The van der Waals surface area contributed by atoms with Gasteiger partial charge in [0.1, 0.15) is 11.8 Å². The molecular weight excluding hydrogens is 388 g/mol. The lowest BCUT2D eigenvalue weighted by molar-refractivity contribution is -0.127. The first-order chi connectivity index (χ1) is 15.2. The van der Waals surface area contributed by atoms with Gasteiger partial charge in [-0.25, -0.2) is 0 Å². The van der Waals surface area contributed by atoms with E-state index in [1.807, 2.05) is 77.7 Å². The van der Waals surface area contributed by atoms with E-state index in [-0.39, 0.29) is 18.2 Å². The lowest BCUT2D eigenvalue weighted by Gasteiger charge is -2.32. The Morgan fingerprint density at radius 3 is 2.58 bits per heavy atom. The lowest BCUT2D eigenvalue weighted by atomic mass is 9.99. The van der Waals surface area contributed by atoms with Gasteiger partial charge in [-0.2, -0.15) is 0 Å². The molecule has 1 aliphatic rings. The minimum atomic E-state index is -0.745. The van der Waals surface area contributed by atoms with Gasteiger partial charge in [0.25, 0.3) is 5.91 Å². The summed E-state index contributed by atoms with van der Waals surface area (Å²) in [5, 5.41) is 2.98. The van der Waals surface area contributed by atoms with Crippen molar-refractivity contribution in [1.29, 1.82) is 0 Å². The molecule has 0 saturated heterocycles. The van der Waals surface area contributed by atoms with E-state index in [9.17, 15) is 9.59 Å². The molecule has 0 bridgehead atoms. The zero-order valence-electron chi connectivity index (χ0n) is 17.6. The number of hydrogen-bond acceptors (Lipinski definition) is 3. The Labute approximate surface area is 182 Å². The quantitative estimate of drug-likeness (QED) is 0.661. The van der Waals surface area contributed by atoms with Gasteiger partial charge in [-0.05, 0) is 47.7 Å². The molecule has 1 N–H and O–H groups in total. The Morgan fingerprint density at radius 1 is 1.00 bits per heavy atom. The predicted molar refractivity (Wildman–Crippen MR) is 121 cm³/mol. The van der Waals surface area contributed by atoms with Crippen molar-refractivity contribution in [3.63, 3.8) is 0 Å². The van der Waals surface area contributed by atoms with E-state index in [0.29, 0.717) is 12.3 Å². The normalized spacial score (nSPS) is 13.8. The minimum Gasteiger partial charge on any atom is -0.497 e. The van der Waals surface area contributed by atoms with Crippen LogP contribution in [0, 0.1) is 0 Å². The Morgan fingerprint density at radius 2 is 1.77 bits per heavy atom. The van der Waals surface area contributed by atoms with Gasteiger partial charge in [-0.1, -0.05) is 60.7 Å². The van der Waals surface area contributed by atoms with Crippen LogP contribution >= 0.6 is 0 Å². The molecule has 1 heterocycles. The molecule has 5 nitrogen and oxygen atoms in total. The molecule has 4 rings (SSSR count). The summed E-state index contributed by atoms with van der Waals surface area (Å²) in [6, 6.07) is 24.1. The monoisotopic (exact) mass is 414 g/mol. The van der Waals surface area contributed by atoms with Gasteiger partial charge in [0, 0.05) is 12.2 Å². The van der Waals surface area contributed by atoms with Crippen molar-refractivity contribution < 1.29 is 14.3 Å². The molecule has 0 unspecified atom stereocenters. The SMILES string of the molecule is COc1cccc(CC(=O)N[C@@H](C(=O)N2CCCc3ccccc32)c2ccccc2)c1. The van der Waals surface area contributed by atoms with Gasteiger partial charge in [0.05, 0.1) is 13.5 Å². The largest absolute Gasteiger partial charge is 0.497 e. The Balaban J connectivity index is 1.58. The molecule has 1 atom stereocenters. The summed E-state index contributed by atoms with van der Waals surface area (Å²) < 4.78 is 5.25. The maximum absolute atomic E-state index is 13.6. The second-order valence-electron chi connectivity index (χ2n) is 7.66. The number of carbonyl (C=O) groups is 2. The fourth-order valence-corrected chi connectivity index (χ4v) is 4.03. The fourth-order valence-electron chi connectivity index (χ4n) is 4.03. The Hall–Kier alpha value is -3.60. The molecule has 0 radical (unpaired) electrons. The van der Waals surface area contributed by atoms with Gasteiger partial charge in [0.15, 0.2) is 0 Å². The molecule has 0 aliphatic carbocycles. The number of rotatable bonds is 6. The van der Waals surface area contributed by atoms with Crippen molar-refractivity contribution in [1.82, 2.24) is 5.32 Å². The van der Waals surface area contributed by atoms with Crippen molar-refractivity contribution in [3.8, 4) is 5.75 Å². The number of benzene rings is 3. The second-order valence-corrected chi connectivity index (χ2v) is 7.66. The molecule has 31 heavy (non-hydrogen) atoms. The minimum absolute atomic E-state index is 0.114. The smallest absolute Gasteiger partial charge is 0.254 e. The average molecular weight is 415 g/mol. The van der Waals surface area contributed by atoms with Crippen LogP contribution in [0.4, 0.5) is 5.69 Å². The average Bonchev–Trinajstić information content (AvgIpc) is 2.82. The zero-order valence-corrected chi connectivity index (χ0v) is 17.6. The van der Waals surface area contributed by atoms with Crippen LogP contribution in [-0.2, 0) is 22.4 Å². The molecule has 3 aromatic rings. The standard InChI is InChI=1S/C26H26N2O3/c1-31-22-14-7-9-19(17-22)18-24(29)27-25(21-11-3-2-4-12-21)26(30)28-16-8-13-20-10-5-6-15-23(20)28/h2-7,9-12,14-15,17,25H,8,13,16,18H2,1H3,(H,27,29)/t25-/m1/s1. The van der Waals surface area contributed by atoms with Crippen LogP contribution in [0.5, 0.6) is 5.75 Å². The molecule has 0 fully saturated rings. The van der Waals surface area contributed by atoms with Crippen LogP contribution in [0.15, 0.2) is 78.9 Å². The second kappa shape index (κ2) is 9.47. The van der Waals surface area contributed by atoms with E-state index >= 15 is 0 Å². The summed E-state index contributed by atoms with van der Waals surface area (Å²) in [7, 11) is 1.60. The number of nitrogens with one attached hydrogen (secondary N) is 1. The molecule has 2 amide bonds. The third-order valence-electron chi connectivity index (χ3n) is 5.56. The van der Waals surface area contributed by atoms with Gasteiger partial charge >= 0.3 is 0 Å². The highest BCUT2D eigenvalue weighted by atomic mass is 16.5. The van der Waals surface area contributed by atoms with Crippen molar-refractivity contribution in [2.45, 2.75) is 25.3 Å². The first kappa shape index (κ1) is 20.7. The summed E-state index contributed by atoms with van der Waals surface area (Å²) in [6.45, 7) is 0.644. The van der Waals surface area contributed by atoms with Gasteiger partial charge in [0.2, 0.25) is 5.91 Å². The predicted octanol–water partition coefficient (Wildman–Crippen LogP) is 4.07. The van der Waals surface area contributed by atoms with Gasteiger partial charge < -0.3 is 15.0 Å². The number of carbonyl (C=O) groups excluding carboxylic acids is 2. The maximum Gasteiger partial charge on any atom is 0.254 e. The Bertz CT molecular complexity index is 1070. The van der Waals surface area contributed by atoms with E-state index in [4.69, 9.17) is 4.74 Å². The summed E-state index contributed by atoms with van der Waals surface area (Å²) in [4.78, 5) is 28.4. The molecule has 0 saturated carbocycles. The summed E-state index contributed by atoms with van der Waals surface area (Å²) >= 11 is 0. The van der Waals surface area contributed by atoms with Crippen LogP contribution in [0.1, 0.15) is 29.2 Å². The third kappa shape index (κ3) is 4.77. The lowest BCUT2D eigenvalue weighted by Crippen LogP contribution is -2.45. The number of fused-ring (bicyclic) bond motifs is 1. The number of para-hydroxylation sites is 1. The van der Waals surface area contributed by atoms with Crippen LogP contribution in [0.3, 0.4) is 0 Å². The fraction of sp³-hybridized carbons (Fsp3) is 0.231. The van der Waals surface area contributed by atoms with Crippen LogP contribution < -0.4 is 15.0 Å². The number of ether oxygens (including phenoxy) is 1. The van der Waals surface area contributed by atoms with Crippen molar-refractivity contribution in [2.75, 3.05) is 18.6 Å². The van der Waals surface area contributed by atoms with Crippen molar-refractivity contribution in [2.24, 2.45) is 0 Å². The topological polar surface area (TPSA) is 58.6 Å². The highest BCUT2D eigenvalue weighted by Crippen LogP contribution is 2.29. The summed E-state index contributed by atoms with van der Waals surface area (Å²) in [5.74, 6) is 0.379. The molecular formula is C26H26N2O3. The van der Waals surface area contributed by atoms with Crippen LogP contribution in [-0.4, -0.2) is 25.5 Å². The molecule has 1 aliphatic heterocycles. The molecule has 158 valence electrons. The molecule has 5 heteroatoms. The van der Waals surface area contributed by atoms with E-state index < -0.39 is 6.04 Å². The van der Waals surface area contributed by atoms with Crippen molar-refractivity contribution >= 4 is 17.5 Å². The third-order valence-corrected chi connectivity index (χ3v) is 5.56. The zero-order chi connectivity index (χ0) is 21.6. The van der Waals surface area contributed by atoms with E-state index in [2.05, 4.69) is 11.4 Å². The van der Waals surface area contributed by atoms with Gasteiger partial charge in [-0.15, -0.1) is 0 Å². The number of methoxy groups -OCH3 is 1. The van der Waals surface area contributed by atoms with E-state index in [1.54, 1.807) is 7.11 Å². The molecule has 3 aromatic carbocycles. The van der Waals surface area contributed by atoms with Gasteiger partial charge in [-0.3, -0.25) is 9.59 Å². The number of amides is 2. The van der Waals surface area contributed by atoms with Crippen LogP contribution in [0.2, 0.25) is 0 Å². The Kier molecular flexibility index (Phi) is 6.32. The molecule has 0 aromatic heterocycles. The summed E-state index contributed by atoms with van der Waals surface area (Å²) in [6.07, 6.45) is 2.03.